The molecule has 0 atom stereocenters. The average Bonchev–Trinajstić information content (AvgIpc) is 3.27. The van der Waals surface area contributed by atoms with Crippen molar-refractivity contribution in [1.82, 2.24) is 4.57 Å². The minimum absolute atomic E-state index is 0.0436. The number of halogens is 1. The van der Waals surface area contributed by atoms with E-state index < -0.39 is 11.7 Å². The highest BCUT2D eigenvalue weighted by atomic mass is 32.2. The molecule has 5 rings (SSSR count). The van der Waals surface area contributed by atoms with E-state index in [0.29, 0.717) is 18.9 Å². The predicted molar refractivity (Wildman–Crippen MR) is 121 cm³/mol. The third kappa shape index (κ3) is 3.76. The molecule has 0 spiro atoms. The highest BCUT2D eigenvalue weighted by Crippen LogP contribution is 2.47. The molecule has 1 amide bonds. The maximum Gasteiger partial charge on any atom is 0.253 e. The number of benzene rings is 1. The van der Waals surface area contributed by atoms with Crippen LogP contribution in [0.15, 0.2) is 17.0 Å². The van der Waals surface area contributed by atoms with Gasteiger partial charge in [0, 0.05) is 27.9 Å². The van der Waals surface area contributed by atoms with E-state index in [-0.39, 0.29) is 17.0 Å². The van der Waals surface area contributed by atoms with Crippen molar-refractivity contribution in [1.29, 1.82) is 0 Å². The number of amides is 1. The summed E-state index contributed by atoms with van der Waals surface area (Å²) >= 11 is 1.88. The lowest BCUT2D eigenvalue weighted by molar-refractivity contribution is 0.0997. The number of nitrogens with zero attached hydrogens (tertiary/aromatic N) is 1. The smallest absolute Gasteiger partial charge is 0.253 e. The van der Waals surface area contributed by atoms with Crippen molar-refractivity contribution in [2.24, 2.45) is 11.1 Å². The fraction of sp³-hybridized carbons (Fsp3) is 0.542. The van der Waals surface area contributed by atoms with Crippen molar-refractivity contribution >= 4 is 23.4 Å². The van der Waals surface area contributed by atoms with Crippen LogP contribution in [0.2, 0.25) is 0 Å². The highest BCUT2D eigenvalue weighted by molar-refractivity contribution is 7.99. The number of aromatic nitrogens is 1. The molecule has 1 fully saturated rings. The van der Waals surface area contributed by atoms with Crippen molar-refractivity contribution < 1.29 is 13.9 Å². The third-order valence-electron chi connectivity index (χ3n) is 6.71. The number of nitrogens with two attached hydrogens (primary N) is 1. The zero-order valence-corrected chi connectivity index (χ0v) is 19.0. The summed E-state index contributed by atoms with van der Waals surface area (Å²) in [6.07, 6.45) is 6.49. The first-order chi connectivity index (χ1) is 14.8. The zero-order valence-electron chi connectivity index (χ0n) is 18.2. The number of fused-ring (bicyclic) bond motifs is 3. The topological polar surface area (TPSA) is 69.3 Å². The van der Waals surface area contributed by atoms with Crippen molar-refractivity contribution in [3.8, 4) is 5.69 Å². The molecule has 1 aliphatic carbocycles. The van der Waals surface area contributed by atoms with Gasteiger partial charge >= 0.3 is 0 Å². The minimum Gasteiger partial charge on any atom is -0.382 e. The standard InChI is InChI=1S/C24H30FN3O2S/c1-24(2)10-19-22(31-13-24)16-11-30-12-20(16)28(19)15-8-17(25)21(23(26)29)18(9-15)27-14-6-4-3-5-7-14/h8-9,14,27H,3-7,10-13H2,1-2H3,(H2,26,29). The minimum atomic E-state index is -0.734. The number of ether oxygens (including phenoxy) is 1. The van der Waals surface area contributed by atoms with Gasteiger partial charge in [0.25, 0.3) is 5.91 Å². The van der Waals surface area contributed by atoms with E-state index in [4.69, 9.17) is 10.5 Å². The fourth-order valence-corrected chi connectivity index (χ4v) is 6.54. The lowest BCUT2D eigenvalue weighted by Gasteiger charge is -2.31. The average molecular weight is 444 g/mol. The number of hydrogen-bond donors (Lipinski definition) is 2. The van der Waals surface area contributed by atoms with E-state index in [1.54, 1.807) is 0 Å². The summed E-state index contributed by atoms with van der Waals surface area (Å²) in [6.45, 7) is 5.67. The second-order valence-electron chi connectivity index (χ2n) is 9.85. The van der Waals surface area contributed by atoms with Gasteiger partial charge in [0.1, 0.15) is 5.82 Å². The normalized spacial score (nSPS) is 20.4. The molecule has 3 heterocycles. The van der Waals surface area contributed by atoms with Crippen LogP contribution in [0.4, 0.5) is 10.1 Å². The van der Waals surface area contributed by atoms with Crippen LogP contribution in [-0.4, -0.2) is 22.3 Å². The molecule has 1 aromatic heterocycles. The van der Waals surface area contributed by atoms with Crippen molar-refractivity contribution in [3.63, 3.8) is 0 Å². The lowest BCUT2D eigenvalue weighted by atomic mass is 9.89. The molecule has 2 aliphatic heterocycles. The van der Waals surface area contributed by atoms with Gasteiger partial charge in [-0.05, 0) is 36.8 Å². The Morgan fingerprint density at radius 2 is 2.00 bits per heavy atom. The summed E-state index contributed by atoms with van der Waals surface area (Å²) in [5, 5.41) is 3.45. The second kappa shape index (κ2) is 7.85. The highest BCUT2D eigenvalue weighted by Gasteiger charge is 2.35. The Labute approximate surface area is 186 Å². The Kier molecular flexibility index (Phi) is 5.29. The van der Waals surface area contributed by atoms with Crippen LogP contribution < -0.4 is 11.1 Å². The van der Waals surface area contributed by atoms with E-state index >= 15 is 4.39 Å². The van der Waals surface area contributed by atoms with Crippen LogP contribution in [-0.2, 0) is 24.4 Å². The maximum atomic E-state index is 15.3. The monoisotopic (exact) mass is 443 g/mol. The van der Waals surface area contributed by atoms with Gasteiger partial charge in [-0.1, -0.05) is 33.1 Å². The number of carbonyl (C=O) groups excluding carboxylic acids is 1. The summed E-state index contributed by atoms with van der Waals surface area (Å²) in [5.74, 6) is -0.247. The van der Waals surface area contributed by atoms with E-state index in [1.165, 1.54) is 28.6 Å². The number of anilines is 1. The zero-order chi connectivity index (χ0) is 21.8. The van der Waals surface area contributed by atoms with E-state index in [0.717, 1.165) is 49.2 Å². The molecule has 2 aromatic rings. The molecule has 0 radical (unpaired) electrons. The Morgan fingerprint density at radius 1 is 1.23 bits per heavy atom. The van der Waals surface area contributed by atoms with Gasteiger partial charge in [0.15, 0.2) is 0 Å². The van der Waals surface area contributed by atoms with Gasteiger partial charge in [0.05, 0.1) is 35.8 Å². The summed E-state index contributed by atoms with van der Waals surface area (Å²) < 4.78 is 23.2. The Balaban J connectivity index is 1.64. The first-order valence-electron chi connectivity index (χ1n) is 11.2. The molecule has 0 unspecified atom stereocenters. The summed E-state index contributed by atoms with van der Waals surface area (Å²) in [5.41, 5.74) is 10.5. The van der Waals surface area contributed by atoms with Gasteiger partial charge in [-0.15, -0.1) is 11.8 Å². The van der Waals surface area contributed by atoms with Crippen molar-refractivity contribution in [2.75, 3.05) is 11.1 Å². The van der Waals surface area contributed by atoms with E-state index in [9.17, 15) is 4.79 Å². The van der Waals surface area contributed by atoms with E-state index in [1.807, 2.05) is 17.8 Å². The van der Waals surface area contributed by atoms with Gasteiger partial charge < -0.3 is 20.4 Å². The number of nitrogens with one attached hydrogen (secondary N) is 1. The number of thioether (sulfide) groups is 1. The summed E-state index contributed by atoms with van der Waals surface area (Å²) in [7, 11) is 0. The number of carbonyl (C=O) groups is 1. The van der Waals surface area contributed by atoms with Crippen LogP contribution >= 0.6 is 11.8 Å². The predicted octanol–water partition coefficient (Wildman–Crippen LogP) is 5.16. The summed E-state index contributed by atoms with van der Waals surface area (Å²) in [4.78, 5) is 13.4. The molecule has 0 bridgehead atoms. The molecule has 1 aromatic carbocycles. The largest absolute Gasteiger partial charge is 0.382 e. The Morgan fingerprint density at radius 3 is 2.74 bits per heavy atom. The molecule has 0 saturated heterocycles. The second-order valence-corrected chi connectivity index (χ2v) is 10.8. The van der Waals surface area contributed by atoms with Crippen LogP contribution in [0.1, 0.15) is 73.3 Å². The molecule has 31 heavy (non-hydrogen) atoms. The molecule has 5 nitrogen and oxygen atoms in total. The van der Waals surface area contributed by atoms with Crippen LogP contribution in [0.3, 0.4) is 0 Å². The molecular formula is C24H30FN3O2S. The van der Waals surface area contributed by atoms with Crippen LogP contribution in [0, 0.1) is 11.2 Å². The Bertz CT molecular complexity index is 1040. The Hall–Kier alpha value is -1.99. The third-order valence-corrected chi connectivity index (χ3v) is 8.40. The molecule has 7 heteroatoms. The SMILES string of the molecule is CC1(C)CSc2c3c(n(-c4cc(F)c(C(N)=O)c(NC5CCCCC5)c4)c2C1)COC3. The summed E-state index contributed by atoms with van der Waals surface area (Å²) in [6, 6.07) is 3.60. The molecule has 1 saturated carbocycles. The number of primary amides is 1. The van der Waals surface area contributed by atoms with Crippen LogP contribution in [0.5, 0.6) is 0 Å². The lowest BCUT2D eigenvalue weighted by Crippen LogP contribution is -2.26. The molecular weight excluding hydrogens is 413 g/mol. The molecule has 166 valence electrons. The fourth-order valence-electron chi connectivity index (χ4n) is 5.22. The van der Waals surface area contributed by atoms with Gasteiger partial charge in [-0.2, -0.15) is 0 Å². The van der Waals surface area contributed by atoms with E-state index in [2.05, 4.69) is 23.7 Å². The quantitative estimate of drug-likeness (QED) is 0.684. The number of hydrogen-bond acceptors (Lipinski definition) is 4. The maximum absolute atomic E-state index is 15.3. The van der Waals surface area contributed by atoms with Crippen molar-refractivity contribution in [3.05, 3.63) is 40.5 Å². The van der Waals surface area contributed by atoms with Crippen molar-refractivity contribution in [2.45, 2.75) is 76.5 Å². The first kappa shape index (κ1) is 20.9. The first-order valence-corrected chi connectivity index (χ1v) is 12.2. The molecule has 3 N–H and O–H groups in total. The van der Waals surface area contributed by atoms with Gasteiger partial charge in [-0.3, -0.25) is 4.79 Å². The number of rotatable bonds is 4. The van der Waals surface area contributed by atoms with Gasteiger partial charge in [-0.25, -0.2) is 4.39 Å². The van der Waals surface area contributed by atoms with Crippen LogP contribution in [0.25, 0.3) is 5.69 Å². The molecule has 3 aliphatic rings. The van der Waals surface area contributed by atoms with Gasteiger partial charge in [0.2, 0.25) is 0 Å².